The molecule has 20 heavy (non-hydrogen) atoms. The van der Waals surface area contributed by atoms with E-state index in [-0.39, 0.29) is 24.4 Å². The number of nitrogens with zero attached hydrogens (tertiary/aromatic N) is 6. The van der Waals surface area contributed by atoms with Crippen molar-refractivity contribution in [3.05, 3.63) is 30.1 Å². The standard InChI is InChI=1S/C12H15N7O/c13-12-15-16-17-19(12)8-11(20)18-7-3-5-10(18)9-4-1-2-6-14-9/h1-2,4,6,10H,3,5,7-8H2,(H2,13,15,17)/t10-/m1/s1. The lowest BCUT2D eigenvalue weighted by Gasteiger charge is -2.24. The number of amides is 1. The van der Waals surface area contributed by atoms with E-state index in [9.17, 15) is 4.79 Å². The minimum absolute atomic E-state index is 0.0291. The Hall–Kier alpha value is -2.51. The van der Waals surface area contributed by atoms with Crippen LogP contribution in [-0.2, 0) is 11.3 Å². The van der Waals surface area contributed by atoms with Crippen LogP contribution in [0.5, 0.6) is 0 Å². The number of aromatic nitrogens is 5. The van der Waals surface area contributed by atoms with E-state index in [1.807, 2.05) is 23.1 Å². The number of hydrogen-bond acceptors (Lipinski definition) is 6. The first kappa shape index (κ1) is 12.5. The van der Waals surface area contributed by atoms with Gasteiger partial charge in [0.15, 0.2) is 0 Å². The molecule has 1 fully saturated rings. The SMILES string of the molecule is Nc1nnnn1CC(=O)N1CCC[C@@H]1c1ccccn1. The Morgan fingerprint density at radius 3 is 3.05 bits per heavy atom. The molecule has 8 heteroatoms. The second-order valence-corrected chi connectivity index (χ2v) is 4.69. The van der Waals surface area contributed by atoms with Crippen molar-refractivity contribution in [3.63, 3.8) is 0 Å². The lowest BCUT2D eigenvalue weighted by Crippen LogP contribution is -2.34. The molecule has 1 saturated heterocycles. The minimum Gasteiger partial charge on any atom is -0.367 e. The molecule has 1 atom stereocenters. The Labute approximate surface area is 115 Å². The van der Waals surface area contributed by atoms with Gasteiger partial charge in [0.2, 0.25) is 11.9 Å². The maximum atomic E-state index is 12.4. The number of tetrazole rings is 1. The number of carbonyl (C=O) groups excluding carboxylic acids is 1. The zero-order valence-electron chi connectivity index (χ0n) is 10.9. The number of hydrogen-bond donors (Lipinski definition) is 1. The van der Waals surface area contributed by atoms with E-state index in [1.54, 1.807) is 6.20 Å². The van der Waals surface area contributed by atoms with Crippen LogP contribution in [0.2, 0.25) is 0 Å². The first-order valence-electron chi connectivity index (χ1n) is 6.48. The topological polar surface area (TPSA) is 103 Å². The van der Waals surface area contributed by atoms with Gasteiger partial charge >= 0.3 is 0 Å². The average molecular weight is 273 g/mol. The Bertz CT molecular complexity index is 597. The minimum atomic E-state index is -0.0443. The van der Waals surface area contributed by atoms with E-state index in [2.05, 4.69) is 20.5 Å². The first-order chi connectivity index (χ1) is 9.75. The summed E-state index contributed by atoms with van der Waals surface area (Å²) in [6.45, 7) is 0.782. The third kappa shape index (κ3) is 2.31. The molecular formula is C12H15N7O. The molecule has 1 aliphatic rings. The third-order valence-corrected chi connectivity index (χ3v) is 3.45. The molecule has 0 saturated carbocycles. The fraction of sp³-hybridized carbons (Fsp3) is 0.417. The van der Waals surface area contributed by atoms with Gasteiger partial charge in [0.25, 0.3) is 0 Å². The maximum Gasteiger partial charge on any atom is 0.245 e. The average Bonchev–Trinajstić information content (AvgIpc) is 3.09. The molecule has 3 rings (SSSR count). The van der Waals surface area contributed by atoms with Gasteiger partial charge in [0.1, 0.15) is 6.54 Å². The molecule has 2 N–H and O–H groups in total. The monoisotopic (exact) mass is 273 g/mol. The van der Waals surface area contributed by atoms with Crippen LogP contribution in [0, 0.1) is 0 Å². The predicted molar refractivity (Wildman–Crippen MR) is 70.2 cm³/mol. The van der Waals surface area contributed by atoms with Gasteiger partial charge in [-0.1, -0.05) is 11.2 Å². The maximum absolute atomic E-state index is 12.4. The zero-order valence-corrected chi connectivity index (χ0v) is 10.9. The molecule has 2 aromatic heterocycles. The highest BCUT2D eigenvalue weighted by atomic mass is 16.2. The zero-order chi connectivity index (χ0) is 13.9. The first-order valence-corrected chi connectivity index (χ1v) is 6.48. The number of carbonyl (C=O) groups is 1. The number of nitrogen functional groups attached to an aromatic ring is 1. The Kier molecular flexibility index (Phi) is 3.28. The molecule has 2 aromatic rings. The highest BCUT2D eigenvalue weighted by Gasteiger charge is 2.31. The summed E-state index contributed by atoms with van der Waals surface area (Å²) < 4.78 is 1.30. The quantitative estimate of drug-likeness (QED) is 0.845. The molecule has 104 valence electrons. The number of pyridine rings is 1. The van der Waals surface area contributed by atoms with Crippen LogP contribution >= 0.6 is 0 Å². The molecule has 0 unspecified atom stereocenters. The lowest BCUT2D eigenvalue weighted by atomic mass is 10.1. The van der Waals surface area contributed by atoms with Crippen molar-refractivity contribution in [1.82, 2.24) is 30.1 Å². The fourth-order valence-corrected chi connectivity index (χ4v) is 2.49. The predicted octanol–water partition coefficient (Wildman–Crippen LogP) is 0.0140. The third-order valence-electron chi connectivity index (χ3n) is 3.45. The highest BCUT2D eigenvalue weighted by Crippen LogP contribution is 2.30. The van der Waals surface area contributed by atoms with Crippen molar-refractivity contribution in [3.8, 4) is 0 Å². The molecule has 1 aliphatic heterocycles. The van der Waals surface area contributed by atoms with Crippen molar-refractivity contribution in [2.24, 2.45) is 0 Å². The molecule has 1 amide bonds. The summed E-state index contributed by atoms with van der Waals surface area (Å²) in [5.74, 6) is 0.101. The Balaban J connectivity index is 1.75. The van der Waals surface area contributed by atoms with E-state index in [4.69, 9.17) is 5.73 Å². The van der Waals surface area contributed by atoms with E-state index >= 15 is 0 Å². The molecule has 0 radical (unpaired) electrons. The van der Waals surface area contributed by atoms with Crippen LogP contribution in [0.1, 0.15) is 24.6 Å². The van der Waals surface area contributed by atoms with Gasteiger partial charge in [0, 0.05) is 12.7 Å². The van der Waals surface area contributed by atoms with E-state index < -0.39 is 0 Å². The van der Waals surface area contributed by atoms with Crippen LogP contribution in [0.4, 0.5) is 5.95 Å². The van der Waals surface area contributed by atoms with Crippen molar-refractivity contribution >= 4 is 11.9 Å². The summed E-state index contributed by atoms with van der Waals surface area (Å²) in [7, 11) is 0. The van der Waals surface area contributed by atoms with Gasteiger partial charge in [-0.25, -0.2) is 4.68 Å². The summed E-state index contributed by atoms with van der Waals surface area (Å²) in [5, 5.41) is 10.7. The largest absolute Gasteiger partial charge is 0.367 e. The molecule has 0 bridgehead atoms. The molecule has 8 nitrogen and oxygen atoms in total. The number of likely N-dealkylation sites (tertiary alicyclic amines) is 1. The molecule has 3 heterocycles. The summed E-state index contributed by atoms with van der Waals surface area (Å²) in [6, 6.07) is 5.78. The van der Waals surface area contributed by atoms with Gasteiger partial charge in [-0.05, 0) is 35.4 Å². The number of rotatable bonds is 3. The van der Waals surface area contributed by atoms with E-state index in [1.165, 1.54) is 4.68 Å². The number of anilines is 1. The van der Waals surface area contributed by atoms with Gasteiger partial charge in [-0.2, -0.15) is 0 Å². The van der Waals surface area contributed by atoms with Crippen molar-refractivity contribution in [2.45, 2.75) is 25.4 Å². The van der Waals surface area contributed by atoms with Crippen LogP contribution < -0.4 is 5.73 Å². The smallest absolute Gasteiger partial charge is 0.245 e. The second-order valence-electron chi connectivity index (χ2n) is 4.69. The van der Waals surface area contributed by atoms with Gasteiger partial charge in [-0.15, -0.1) is 0 Å². The van der Waals surface area contributed by atoms with Crippen LogP contribution in [0.25, 0.3) is 0 Å². The lowest BCUT2D eigenvalue weighted by molar-refractivity contribution is -0.133. The van der Waals surface area contributed by atoms with Crippen molar-refractivity contribution in [1.29, 1.82) is 0 Å². The number of nitrogens with two attached hydrogens (primary N) is 1. The van der Waals surface area contributed by atoms with Gasteiger partial charge < -0.3 is 10.6 Å². The summed E-state index contributed by atoms with van der Waals surface area (Å²) >= 11 is 0. The summed E-state index contributed by atoms with van der Waals surface area (Å²) in [4.78, 5) is 18.5. The normalized spacial score (nSPS) is 18.4. The van der Waals surface area contributed by atoms with Crippen LogP contribution in [0.3, 0.4) is 0 Å². The molecule has 0 spiro atoms. The molecule has 0 aromatic carbocycles. The summed E-state index contributed by atoms with van der Waals surface area (Å²) in [5.41, 5.74) is 6.50. The summed E-state index contributed by atoms with van der Waals surface area (Å²) in [6.07, 6.45) is 3.64. The fourth-order valence-electron chi connectivity index (χ4n) is 2.49. The highest BCUT2D eigenvalue weighted by molar-refractivity contribution is 5.77. The van der Waals surface area contributed by atoms with Crippen LogP contribution in [0.15, 0.2) is 24.4 Å². The second kappa shape index (κ2) is 5.24. The Morgan fingerprint density at radius 1 is 1.45 bits per heavy atom. The van der Waals surface area contributed by atoms with Gasteiger partial charge in [0.05, 0.1) is 11.7 Å². The van der Waals surface area contributed by atoms with E-state index in [0.717, 1.165) is 25.1 Å². The molecule has 0 aliphatic carbocycles. The van der Waals surface area contributed by atoms with Crippen LogP contribution in [-0.4, -0.2) is 42.5 Å². The molecular weight excluding hydrogens is 258 g/mol. The van der Waals surface area contributed by atoms with Gasteiger partial charge in [-0.3, -0.25) is 9.78 Å². The van der Waals surface area contributed by atoms with E-state index in [0.29, 0.717) is 0 Å². The van der Waals surface area contributed by atoms with Crippen molar-refractivity contribution in [2.75, 3.05) is 12.3 Å². The Morgan fingerprint density at radius 2 is 2.35 bits per heavy atom. The van der Waals surface area contributed by atoms with Crippen molar-refractivity contribution < 1.29 is 4.79 Å².